The lowest BCUT2D eigenvalue weighted by Crippen LogP contribution is -2.34. The molecule has 0 saturated heterocycles. The summed E-state index contributed by atoms with van der Waals surface area (Å²) in [6, 6.07) is 12.4. The van der Waals surface area contributed by atoms with Crippen LogP contribution in [0.2, 0.25) is 0 Å². The van der Waals surface area contributed by atoms with Gasteiger partial charge in [0.15, 0.2) is 0 Å². The van der Waals surface area contributed by atoms with Crippen molar-refractivity contribution < 1.29 is 71.1 Å². The Morgan fingerprint density at radius 1 is 0.609 bits per heavy atom. The summed E-state index contributed by atoms with van der Waals surface area (Å²) in [5.74, 6) is -3.79. The van der Waals surface area contributed by atoms with E-state index >= 15 is 0 Å². The molecule has 1 aliphatic carbocycles. The fraction of sp³-hybridized carbons (Fsp3) is 0.620. The van der Waals surface area contributed by atoms with Crippen LogP contribution in [0.3, 0.4) is 0 Å². The first-order chi connectivity index (χ1) is 31.9. The third-order valence-corrected chi connectivity index (χ3v) is 13.1. The number of ether oxygens (including phenoxy) is 4. The number of amides is 2. The Kier molecular flexibility index (Phi) is 27.3. The Labute approximate surface area is 409 Å². The van der Waals surface area contributed by atoms with Crippen LogP contribution in [0.1, 0.15) is 145 Å². The first-order valence-electron chi connectivity index (χ1n) is 23.2. The average Bonchev–Trinajstić information content (AvgIpc) is 3.32. The number of aliphatic carboxylic acids is 1. The molecule has 3 rings (SSSR count). The van der Waals surface area contributed by atoms with E-state index in [4.69, 9.17) is 29.6 Å². The normalized spacial score (nSPS) is 14.8. The number of hydrogen-bond donors (Lipinski definition) is 5. The molecule has 2 aromatic rings. The van der Waals surface area contributed by atoms with E-state index in [0.29, 0.717) is 42.6 Å². The summed E-state index contributed by atoms with van der Waals surface area (Å²) in [5, 5.41) is 28.1. The molecule has 0 radical (unpaired) electrons. The van der Waals surface area contributed by atoms with E-state index < -0.39 is 55.5 Å². The molecule has 0 spiro atoms. The summed E-state index contributed by atoms with van der Waals surface area (Å²) in [6.45, 7) is 22.4. The predicted octanol–water partition coefficient (Wildman–Crippen LogP) is 7.91. The number of anilines is 2. The minimum Gasteiger partial charge on any atom is -0.481 e. The van der Waals surface area contributed by atoms with Crippen molar-refractivity contribution in [2.45, 2.75) is 139 Å². The minimum atomic E-state index is -3.69. The van der Waals surface area contributed by atoms with Gasteiger partial charge >= 0.3 is 29.8 Å². The van der Waals surface area contributed by atoms with Gasteiger partial charge in [-0.15, -0.1) is 0 Å². The van der Waals surface area contributed by atoms with Crippen LogP contribution in [0.15, 0.2) is 53.4 Å². The monoisotopic (exact) mass is 994 g/mol. The molecule has 0 bridgehead atoms. The molecule has 1 saturated carbocycles. The molecule has 1 aliphatic rings. The van der Waals surface area contributed by atoms with Crippen LogP contribution in [0.4, 0.5) is 11.4 Å². The van der Waals surface area contributed by atoms with E-state index in [1.165, 1.54) is 31.4 Å². The number of aliphatic hydroxyl groups is 1. The Bertz CT molecular complexity index is 2080. The highest BCUT2D eigenvalue weighted by molar-refractivity contribution is 7.89. The number of aliphatic hydroxyl groups excluding tert-OH is 1. The van der Waals surface area contributed by atoms with Gasteiger partial charge in [-0.05, 0) is 115 Å². The summed E-state index contributed by atoms with van der Waals surface area (Å²) in [4.78, 5) is 81.1. The first kappa shape index (κ1) is 63.6. The number of nitrogens with two attached hydrogens (primary N) is 1. The van der Waals surface area contributed by atoms with E-state index in [-0.39, 0.29) is 61.0 Å². The van der Waals surface area contributed by atoms with Gasteiger partial charge in [0.2, 0.25) is 21.8 Å². The molecule has 6 N–H and O–H groups in total. The number of rotatable bonds is 19. The standard InChI is InChI=1S/C16H26O6.C14H19NO3.C12H18N2O3S.C8H16O3/c1-4-16(2,3)15(20)22-10-9-21-14(19)12-8-6-5-7-11(12)13(17)18;1-5-14(2,3)13(17)15-11-8-6-10(7-9-11)12(16)18-4;1-4-12(2,3)11(15)14-9-5-7-10(8-6-9)18(13,16)17;1-4-8(2,3)7(10)11-6-5-9/h11-12H,4-10H2,1-3H3,(H,17,18);6-9H,5H2,1-4H3,(H,15,17);5-8H,4H2,1-3H3,(H,14,15)(H2,13,16,17);9H,4-6H2,1-3H3. The van der Waals surface area contributed by atoms with Crippen molar-refractivity contribution in [3.05, 3.63) is 54.1 Å². The summed E-state index contributed by atoms with van der Waals surface area (Å²) in [7, 11) is -2.36. The van der Waals surface area contributed by atoms with Gasteiger partial charge in [-0.25, -0.2) is 18.4 Å². The highest BCUT2D eigenvalue weighted by Gasteiger charge is 2.37. The SMILES string of the molecule is CCC(C)(C)C(=O)Nc1ccc(C(=O)OC)cc1.CCC(C)(C)C(=O)Nc1ccc(S(N)(=O)=O)cc1.CCC(C)(C)C(=O)OCCO.CCC(C)(C)C(=O)OCCOC(=O)C1CCCCC1C(=O)O. The zero-order valence-electron chi connectivity index (χ0n) is 42.9. The van der Waals surface area contributed by atoms with Crippen LogP contribution in [0, 0.1) is 33.5 Å². The number of nitrogens with one attached hydrogen (secondary N) is 2. The molecule has 19 heteroatoms. The fourth-order valence-corrected chi connectivity index (χ4v) is 5.88. The van der Waals surface area contributed by atoms with Gasteiger partial charge < -0.3 is 39.8 Å². The molecule has 0 heterocycles. The number of methoxy groups -OCH3 is 1. The lowest BCUT2D eigenvalue weighted by Gasteiger charge is -2.26. The van der Waals surface area contributed by atoms with Crippen molar-refractivity contribution in [1.82, 2.24) is 0 Å². The number of carbonyl (C=O) groups is 7. The van der Waals surface area contributed by atoms with E-state index in [9.17, 15) is 42.0 Å². The van der Waals surface area contributed by atoms with Crippen molar-refractivity contribution in [2.75, 3.05) is 44.2 Å². The molecular formula is C50H79N3O15S. The predicted molar refractivity (Wildman–Crippen MR) is 262 cm³/mol. The molecule has 390 valence electrons. The lowest BCUT2D eigenvalue weighted by molar-refractivity contribution is -0.164. The number of benzene rings is 2. The second-order valence-electron chi connectivity index (χ2n) is 19.0. The van der Waals surface area contributed by atoms with Gasteiger partial charge in [-0.1, -0.05) is 68.2 Å². The summed E-state index contributed by atoms with van der Waals surface area (Å²) < 4.78 is 41.6. The minimum absolute atomic E-state index is 0.00153. The topological polar surface area (TPSA) is 281 Å². The molecule has 2 aromatic carbocycles. The Morgan fingerprint density at radius 2 is 0.986 bits per heavy atom. The third kappa shape index (κ3) is 22.7. The van der Waals surface area contributed by atoms with Crippen molar-refractivity contribution in [1.29, 1.82) is 0 Å². The van der Waals surface area contributed by atoms with Gasteiger partial charge in [0.1, 0.15) is 19.8 Å². The lowest BCUT2D eigenvalue weighted by atomic mass is 9.79. The summed E-state index contributed by atoms with van der Waals surface area (Å²) >= 11 is 0. The Hall–Kier alpha value is -5.40. The quantitative estimate of drug-likeness (QED) is 0.0508. The molecule has 0 aromatic heterocycles. The molecule has 2 amide bonds. The van der Waals surface area contributed by atoms with Crippen LogP contribution in [-0.2, 0) is 57.7 Å². The highest BCUT2D eigenvalue weighted by Crippen LogP contribution is 2.31. The molecule has 0 aliphatic heterocycles. The Morgan fingerprint density at radius 3 is 1.35 bits per heavy atom. The van der Waals surface area contributed by atoms with E-state index in [1.54, 1.807) is 38.1 Å². The smallest absolute Gasteiger partial charge is 0.337 e. The number of carboxylic acid groups (broad SMARTS) is 1. The largest absolute Gasteiger partial charge is 0.481 e. The average molecular weight is 994 g/mol. The fourth-order valence-electron chi connectivity index (χ4n) is 5.37. The van der Waals surface area contributed by atoms with Crippen LogP contribution >= 0.6 is 0 Å². The maximum Gasteiger partial charge on any atom is 0.337 e. The third-order valence-electron chi connectivity index (χ3n) is 12.1. The number of carbonyl (C=O) groups excluding carboxylic acids is 6. The van der Waals surface area contributed by atoms with Crippen LogP contribution < -0.4 is 15.8 Å². The molecule has 1 fully saturated rings. The number of sulfonamides is 1. The van der Waals surface area contributed by atoms with E-state index in [0.717, 1.165) is 25.7 Å². The Balaban J connectivity index is 0.000000916. The number of esters is 4. The second-order valence-corrected chi connectivity index (χ2v) is 20.6. The van der Waals surface area contributed by atoms with Gasteiger partial charge in [0.05, 0.1) is 46.8 Å². The molecule has 18 nitrogen and oxygen atoms in total. The van der Waals surface area contributed by atoms with Crippen molar-refractivity contribution >= 4 is 63.1 Å². The van der Waals surface area contributed by atoms with E-state index in [1.807, 2.05) is 69.2 Å². The molecule has 2 unspecified atom stereocenters. The van der Waals surface area contributed by atoms with Crippen molar-refractivity contribution in [3.63, 3.8) is 0 Å². The zero-order valence-corrected chi connectivity index (χ0v) is 43.8. The molecular weight excluding hydrogens is 915 g/mol. The molecule has 69 heavy (non-hydrogen) atoms. The van der Waals surface area contributed by atoms with Crippen LogP contribution in [-0.4, -0.2) is 93.8 Å². The van der Waals surface area contributed by atoms with Crippen LogP contribution in [0.5, 0.6) is 0 Å². The van der Waals surface area contributed by atoms with Gasteiger partial charge in [-0.3, -0.25) is 28.8 Å². The van der Waals surface area contributed by atoms with E-state index in [2.05, 4.69) is 15.4 Å². The zero-order chi connectivity index (χ0) is 53.4. The second kappa shape index (κ2) is 29.6. The van der Waals surface area contributed by atoms with Gasteiger partial charge in [0.25, 0.3) is 0 Å². The highest BCUT2D eigenvalue weighted by atomic mass is 32.2. The van der Waals surface area contributed by atoms with Crippen LogP contribution in [0.25, 0.3) is 0 Å². The first-order valence-corrected chi connectivity index (χ1v) is 24.7. The number of hydrogen-bond acceptors (Lipinski definition) is 14. The number of carboxylic acids is 1. The van der Waals surface area contributed by atoms with Gasteiger partial charge in [-0.2, -0.15) is 0 Å². The number of primary sulfonamides is 1. The maximum atomic E-state index is 12.0. The summed E-state index contributed by atoms with van der Waals surface area (Å²) in [5.41, 5.74) is -0.148. The molecule has 2 atom stereocenters. The summed E-state index contributed by atoms with van der Waals surface area (Å²) in [6.07, 6.45) is 5.60. The van der Waals surface area contributed by atoms with Gasteiger partial charge in [0, 0.05) is 22.2 Å². The van der Waals surface area contributed by atoms with Crippen molar-refractivity contribution in [3.8, 4) is 0 Å². The van der Waals surface area contributed by atoms with Crippen molar-refractivity contribution in [2.24, 2.45) is 38.6 Å². The maximum absolute atomic E-state index is 12.0.